The van der Waals surface area contributed by atoms with Crippen LogP contribution in [0.1, 0.15) is 194 Å². The third-order valence-corrected chi connectivity index (χ3v) is 12.2. The number of hydrogen-bond donors (Lipinski definition) is 7. The summed E-state index contributed by atoms with van der Waals surface area (Å²) in [6, 6.07) is 0. The zero-order valence-corrected chi connectivity index (χ0v) is 39.5. The Morgan fingerprint density at radius 1 is 0.484 bits per heavy atom. The van der Waals surface area contributed by atoms with E-state index < -0.39 is 92.7 Å². The van der Waals surface area contributed by atoms with Gasteiger partial charge in [-0.25, -0.2) is 0 Å². The SMILES string of the molecule is CCCCCCCCCC/C=C\CCCCCCCCCCCC(=O)OC(COC(=O)CCCCCCCCC)COC1OC(COC2OC(CO)C(O)C(O)C2O)C(O)C(O)C1O. The number of aliphatic hydroxyl groups is 7. The zero-order valence-electron chi connectivity index (χ0n) is 39.5. The van der Waals surface area contributed by atoms with Crippen LogP contribution in [0.4, 0.5) is 0 Å². The van der Waals surface area contributed by atoms with Gasteiger partial charge in [0.25, 0.3) is 0 Å². The predicted molar refractivity (Wildman–Crippen MR) is 243 cm³/mol. The molecule has 0 amide bonds. The molecule has 376 valence electrons. The molecule has 0 radical (unpaired) electrons. The first-order chi connectivity index (χ1) is 31.0. The number of ether oxygens (including phenoxy) is 6. The van der Waals surface area contributed by atoms with Crippen molar-refractivity contribution in [3.8, 4) is 0 Å². The number of esters is 2. The van der Waals surface area contributed by atoms with Crippen LogP contribution >= 0.6 is 0 Å². The highest BCUT2D eigenvalue weighted by Crippen LogP contribution is 2.26. The molecule has 64 heavy (non-hydrogen) atoms. The molecule has 15 heteroatoms. The summed E-state index contributed by atoms with van der Waals surface area (Å²) in [7, 11) is 0. The lowest BCUT2D eigenvalue weighted by molar-refractivity contribution is -0.332. The van der Waals surface area contributed by atoms with Crippen molar-refractivity contribution in [3.05, 3.63) is 12.2 Å². The smallest absolute Gasteiger partial charge is 0.306 e. The van der Waals surface area contributed by atoms with E-state index >= 15 is 0 Å². The van der Waals surface area contributed by atoms with E-state index in [0.717, 1.165) is 44.9 Å². The molecule has 2 rings (SSSR count). The van der Waals surface area contributed by atoms with E-state index in [2.05, 4.69) is 26.0 Å². The fourth-order valence-corrected chi connectivity index (χ4v) is 8.04. The van der Waals surface area contributed by atoms with Gasteiger partial charge in [-0.15, -0.1) is 0 Å². The average molecular weight is 919 g/mol. The fourth-order valence-electron chi connectivity index (χ4n) is 8.04. The maximum Gasteiger partial charge on any atom is 0.306 e. The Kier molecular flexibility index (Phi) is 34.0. The molecule has 2 aliphatic heterocycles. The lowest BCUT2D eigenvalue weighted by Gasteiger charge is -2.42. The van der Waals surface area contributed by atoms with Crippen LogP contribution in [0, 0.1) is 0 Å². The van der Waals surface area contributed by atoms with E-state index in [1.165, 1.54) is 109 Å². The fraction of sp³-hybridized carbons (Fsp3) is 0.918. The second kappa shape index (κ2) is 37.2. The molecule has 15 nitrogen and oxygen atoms in total. The third-order valence-electron chi connectivity index (χ3n) is 12.2. The first-order valence-corrected chi connectivity index (χ1v) is 25.3. The molecular formula is C49H90O15. The minimum absolute atomic E-state index is 0.167. The van der Waals surface area contributed by atoms with Gasteiger partial charge in [-0.3, -0.25) is 9.59 Å². The molecule has 0 aromatic rings. The Labute approximate surface area is 384 Å². The van der Waals surface area contributed by atoms with Crippen LogP contribution in [0.2, 0.25) is 0 Å². The maximum absolute atomic E-state index is 13.0. The number of allylic oxidation sites excluding steroid dienone is 2. The van der Waals surface area contributed by atoms with E-state index in [1.807, 2.05) is 0 Å². The Balaban J connectivity index is 1.74. The van der Waals surface area contributed by atoms with Crippen molar-refractivity contribution in [2.24, 2.45) is 0 Å². The van der Waals surface area contributed by atoms with Crippen molar-refractivity contribution < 1.29 is 73.8 Å². The molecule has 0 aromatic carbocycles. The van der Waals surface area contributed by atoms with Gasteiger partial charge in [0.2, 0.25) is 0 Å². The number of carbonyl (C=O) groups excluding carboxylic acids is 2. The summed E-state index contributed by atoms with van der Waals surface area (Å²) in [5.41, 5.74) is 0. The Morgan fingerprint density at radius 2 is 0.891 bits per heavy atom. The van der Waals surface area contributed by atoms with Gasteiger partial charge < -0.3 is 64.2 Å². The van der Waals surface area contributed by atoms with Crippen LogP contribution in [0.5, 0.6) is 0 Å². The maximum atomic E-state index is 13.0. The van der Waals surface area contributed by atoms with Crippen LogP contribution in [-0.2, 0) is 38.0 Å². The monoisotopic (exact) mass is 919 g/mol. The van der Waals surface area contributed by atoms with Gasteiger partial charge in [-0.05, 0) is 38.5 Å². The summed E-state index contributed by atoms with van der Waals surface area (Å²) < 4.78 is 33.4. The van der Waals surface area contributed by atoms with Crippen molar-refractivity contribution >= 4 is 11.9 Å². The number of aliphatic hydroxyl groups excluding tert-OH is 7. The minimum Gasteiger partial charge on any atom is -0.462 e. The molecule has 0 spiro atoms. The highest BCUT2D eigenvalue weighted by molar-refractivity contribution is 5.70. The highest BCUT2D eigenvalue weighted by atomic mass is 16.7. The van der Waals surface area contributed by atoms with Crippen molar-refractivity contribution in [2.75, 3.05) is 26.4 Å². The first kappa shape index (κ1) is 58.4. The second-order valence-corrected chi connectivity index (χ2v) is 18.0. The molecule has 0 aliphatic carbocycles. The van der Waals surface area contributed by atoms with E-state index in [-0.39, 0.29) is 26.1 Å². The molecule has 0 saturated carbocycles. The molecule has 2 saturated heterocycles. The Morgan fingerprint density at radius 3 is 1.38 bits per heavy atom. The summed E-state index contributed by atoms with van der Waals surface area (Å²) in [5.74, 6) is -0.927. The summed E-state index contributed by atoms with van der Waals surface area (Å²) in [6.45, 7) is 2.54. The molecule has 2 fully saturated rings. The quantitative estimate of drug-likeness (QED) is 0.0196. The lowest BCUT2D eigenvalue weighted by atomic mass is 9.98. The summed E-state index contributed by atoms with van der Waals surface area (Å²) >= 11 is 0. The largest absolute Gasteiger partial charge is 0.462 e. The summed E-state index contributed by atoms with van der Waals surface area (Å²) in [5, 5.41) is 71.9. The van der Waals surface area contributed by atoms with Gasteiger partial charge in [0.1, 0.15) is 55.4 Å². The Bertz CT molecular complexity index is 1170. The van der Waals surface area contributed by atoms with Crippen LogP contribution in [0.3, 0.4) is 0 Å². The summed E-state index contributed by atoms with van der Waals surface area (Å²) in [6.07, 6.45) is 18.5. The van der Waals surface area contributed by atoms with Gasteiger partial charge in [-0.1, -0.05) is 154 Å². The van der Waals surface area contributed by atoms with Gasteiger partial charge >= 0.3 is 11.9 Å². The summed E-state index contributed by atoms with van der Waals surface area (Å²) in [4.78, 5) is 25.6. The van der Waals surface area contributed by atoms with Crippen molar-refractivity contribution in [1.82, 2.24) is 0 Å². The van der Waals surface area contributed by atoms with Gasteiger partial charge in [0.15, 0.2) is 18.7 Å². The number of carbonyl (C=O) groups is 2. The molecule has 11 atom stereocenters. The van der Waals surface area contributed by atoms with Crippen molar-refractivity contribution in [3.63, 3.8) is 0 Å². The molecule has 0 bridgehead atoms. The Hall–Kier alpha value is -1.76. The second-order valence-electron chi connectivity index (χ2n) is 18.0. The van der Waals surface area contributed by atoms with Crippen LogP contribution < -0.4 is 0 Å². The van der Waals surface area contributed by atoms with Crippen molar-refractivity contribution in [1.29, 1.82) is 0 Å². The first-order valence-electron chi connectivity index (χ1n) is 25.3. The third kappa shape index (κ3) is 25.4. The van der Waals surface area contributed by atoms with E-state index in [9.17, 15) is 45.3 Å². The number of hydrogen-bond acceptors (Lipinski definition) is 15. The molecule has 7 N–H and O–H groups in total. The number of unbranched alkanes of at least 4 members (excludes halogenated alkanes) is 23. The molecule has 2 heterocycles. The van der Waals surface area contributed by atoms with E-state index in [1.54, 1.807) is 0 Å². The van der Waals surface area contributed by atoms with E-state index in [0.29, 0.717) is 12.8 Å². The van der Waals surface area contributed by atoms with Crippen LogP contribution in [0.25, 0.3) is 0 Å². The zero-order chi connectivity index (χ0) is 46.8. The number of rotatable bonds is 39. The minimum atomic E-state index is -1.76. The standard InChI is InChI=1S/C49H90O15/c1-3-5-7-9-11-12-13-14-15-16-17-18-19-20-21-22-23-24-26-28-30-32-41(52)62-37(34-59-40(51)31-29-27-25-10-8-6-4-2)35-60-48-47(58)45(56)43(54)39(64-48)36-61-49-46(57)44(55)42(53)38(33-50)63-49/h16-17,37-39,42-50,53-58H,3-15,18-36H2,1-2H3/b17-16-. The van der Waals surface area contributed by atoms with E-state index in [4.69, 9.17) is 28.4 Å². The normalized spacial score (nSPS) is 26.6. The van der Waals surface area contributed by atoms with Gasteiger partial charge in [0, 0.05) is 12.8 Å². The van der Waals surface area contributed by atoms with Gasteiger partial charge in [0.05, 0.1) is 19.8 Å². The lowest BCUT2D eigenvalue weighted by Crippen LogP contribution is -2.61. The molecular weight excluding hydrogens is 829 g/mol. The predicted octanol–water partition coefficient (Wildman–Crippen LogP) is 6.60. The van der Waals surface area contributed by atoms with Crippen LogP contribution in [0.15, 0.2) is 12.2 Å². The highest BCUT2D eigenvalue weighted by Gasteiger charge is 2.47. The van der Waals surface area contributed by atoms with Crippen LogP contribution in [-0.4, -0.2) is 142 Å². The molecule has 11 unspecified atom stereocenters. The average Bonchev–Trinajstić information content (AvgIpc) is 3.29. The topological polar surface area (TPSA) is 231 Å². The van der Waals surface area contributed by atoms with Gasteiger partial charge in [-0.2, -0.15) is 0 Å². The molecule has 0 aromatic heterocycles. The van der Waals surface area contributed by atoms with Crippen molar-refractivity contribution in [2.45, 2.75) is 261 Å². The molecule has 2 aliphatic rings.